The minimum absolute atomic E-state index is 0.256. The quantitative estimate of drug-likeness (QED) is 0.151. The third kappa shape index (κ3) is 10.8. The fourth-order valence-corrected chi connectivity index (χ4v) is 2.70. The zero-order valence-corrected chi connectivity index (χ0v) is 19.2. The average molecular weight is 475 g/mol. The van der Waals surface area contributed by atoms with E-state index in [0.29, 0.717) is 6.42 Å². The van der Waals surface area contributed by atoms with Crippen LogP contribution in [0.4, 0.5) is 0 Å². The van der Waals surface area contributed by atoms with Crippen LogP contribution in [-0.4, -0.2) is 75.1 Å². The molecule has 0 aromatic carbocycles. The van der Waals surface area contributed by atoms with E-state index in [1.165, 1.54) is 0 Å². The van der Waals surface area contributed by atoms with Gasteiger partial charge in [0.25, 0.3) is 0 Å². The fourth-order valence-electron chi connectivity index (χ4n) is 2.70. The Morgan fingerprint density at radius 1 is 0.788 bits per heavy atom. The second kappa shape index (κ2) is 14.0. The van der Waals surface area contributed by atoms with Crippen LogP contribution in [0.3, 0.4) is 0 Å². The molecule has 0 aliphatic carbocycles. The van der Waals surface area contributed by atoms with Crippen molar-refractivity contribution in [3.05, 3.63) is 0 Å². The van der Waals surface area contributed by atoms with Gasteiger partial charge in [0.05, 0.1) is 12.5 Å². The maximum absolute atomic E-state index is 12.9. The highest BCUT2D eigenvalue weighted by Crippen LogP contribution is 2.11. The zero-order valence-electron chi connectivity index (χ0n) is 19.2. The number of hydrogen-bond donors (Lipinski definition) is 7. The van der Waals surface area contributed by atoms with Crippen LogP contribution in [0, 0.1) is 11.8 Å². The van der Waals surface area contributed by atoms with Crippen LogP contribution in [0.1, 0.15) is 53.4 Å². The van der Waals surface area contributed by atoms with E-state index in [0.717, 1.165) is 0 Å². The van der Waals surface area contributed by atoms with Crippen molar-refractivity contribution in [1.29, 1.82) is 0 Å². The summed E-state index contributed by atoms with van der Waals surface area (Å²) in [7, 11) is 0. The molecule has 0 aliphatic heterocycles. The SMILES string of the molecule is CCC(C)C(NC(=O)C(CCC(=O)O)NC(=O)C(N)C(C)C)C(=O)NC(CC(=O)O)C(=O)O. The monoisotopic (exact) mass is 474 g/mol. The topological polar surface area (TPSA) is 225 Å². The van der Waals surface area contributed by atoms with Crippen molar-refractivity contribution in [3.8, 4) is 0 Å². The summed E-state index contributed by atoms with van der Waals surface area (Å²) in [6.45, 7) is 6.71. The van der Waals surface area contributed by atoms with Crippen molar-refractivity contribution in [1.82, 2.24) is 16.0 Å². The molecule has 33 heavy (non-hydrogen) atoms. The minimum atomic E-state index is -1.72. The molecule has 0 aliphatic rings. The molecule has 0 bridgehead atoms. The zero-order chi connectivity index (χ0) is 25.9. The van der Waals surface area contributed by atoms with Crippen molar-refractivity contribution in [3.63, 3.8) is 0 Å². The van der Waals surface area contributed by atoms with Gasteiger partial charge in [-0.1, -0.05) is 34.1 Å². The van der Waals surface area contributed by atoms with Gasteiger partial charge in [0.15, 0.2) is 0 Å². The third-order valence-corrected chi connectivity index (χ3v) is 5.09. The normalized spacial score (nSPS) is 15.5. The van der Waals surface area contributed by atoms with Gasteiger partial charge in [-0.15, -0.1) is 0 Å². The molecular weight excluding hydrogens is 440 g/mol. The summed E-state index contributed by atoms with van der Waals surface area (Å²) in [5.74, 6) is -7.41. The molecule has 0 aromatic heterocycles. The minimum Gasteiger partial charge on any atom is -0.481 e. The summed E-state index contributed by atoms with van der Waals surface area (Å²) in [5, 5.41) is 33.9. The number of carbonyl (C=O) groups is 6. The Balaban J connectivity index is 5.65. The van der Waals surface area contributed by atoms with Crippen molar-refractivity contribution in [2.24, 2.45) is 17.6 Å². The number of carbonyl (C=O) groups excluding carboxylic acids is 3. The largest absolute Gasteiger partial charge is 0.481 e. The van der Waals surface area contributed by atoms with Crippen molar-refractivity contribution in [2.75, 3.05) is 0 Å². The van der Waals surface area contributed by atoms with Crippen molar-refractivity contribution in [2.45, 2.75) is 77.5 Å². The summed E-state index contributed by atoms with van der Waals surface area (Å²) in [5.41, 5.74) is 5.78. The number of aliphatic carboxylic acids is 3. The maximum Gasteiger partial charge on any atom is 0.326 e. The maximum atomic E-state index is 12.9. The van der Waals surface area contributed by atoms with Crippen LogP contribution in [0.2, 0.25) is 0 Å². The molecule has 13 nitrogen and oxygen atoms in total. The predicted molar refractivity (Wildman–Crippen MR) is 115 cm³/mol. The Labute approximate surface area is 191 Å². The number of hydrogen-bond acceptors (Lipinski definition) is 7. The van der Waals surface area contributed by atoms with E-state index in [9.17, 15) is 28.8 Å². The first-order chi connectivity index (χ1) is 15.2. The molecule has 0 heterocycles. The summed E-state index contributed by atoms with van der Waals surface area (Å²) >= 11 is 0. The average Bonchev–Trinajstić information content (AvgIpc) is 2.71. The molecule has 5 atom stereocenters. The van der Waals surface area contributed by atoms with E-state index in [-0.39, 0.29) is 12.3 Å². The molecule has 0 saturated carbocycles. The first-order valence-corrected chi connectivity index (χ1v) is 10.5. The van der Waals surface area contributed by atoms with Gasteiger partial charge in [0, 0.05) is 6.42 Å². The number of rotatable bonds is 15. The van der Waals surface area contributed by atoms with E-state index in [1.54, 1.807) is 27.7 Å². The van der Waals surface area contributed by atoms with Crippen LogP contribution >= 0.6 is 0 Å². The molecule has 5 unspecified atom stereocenters. The third-order valence-electron chi connectivity index (χ3n) is 5.09. The van der Waals surface area contributed by atoms with Crippen LogP contribution in [0.25, 0.3) is 0 Å². The first kappa shape index (κ1) is 29.8. The van der Waals surface area contributed by atoms with Crippen LogP contribution in [0.5, 0.6) is 0 Å². The second-order valence-electron chi connectivity index (χ2n) is 8.13. The number of amides is 3. The number of carboxylic acids is 3. The van der Waals surface area contributed by atoms with Gasteiger partial charge < -0.3 is 37.0 Å². The van der Waals surface area contributed by atoms with Gasteiger partial charge in [-0.3, -0.25) is 24.0 Å². The Bertz CT molecular complexity index is 741. The Hall–Kier alpha value is -3.22. The highest BCUT2D eigenvalue weighted by atomic mass is 16.4. The lowest BCUT2D eigenvalue weighted by Gasteiger charge is -2.28. The number of nitrogens with one attached hydrogen (secondary N) is 3. The highest BCUT2D eigenvalue weighted by molar-refractivity contribution is 5.95. The lowest BCUT2D eigenvalue weighted by Crippen LogP contribution is -2.59. The summed E-state index contributed by atoms with van der Waals surface area (Å²) < 4.78 is 0. The lowest BCUT2D eigenvalue weighted by atomic mass is 9.96. The Kier molecular flexibility index (Phi) is 12.7. The summed E-state index contributed by atoms with van der Waals surface area (Å²) in [6.07, 6.45) is -1.20. The molecule has 188 valence electrons. The number of nitrogens with two attached hydrogens (primary N) is 1. The van der Waals surface area contributed by atoms with Gasteiger partial charge in [-0.25, -0.2) is 4.79 Å². The standard InChI is InChI=1S/C20H34N4O9/c1-5-10(4)16(19(31)23-12(20(32)33)8-14(27)28)24-17(29)11(6-7-13(25)26)22-18(30)15(21)9(2)3/h9-12,15-16H,5-8,21H2,1-4H3,(H,22,30)(H,23,31)(H,24,29)(H,25,26)(H,27,28)(H,32,33). The Morgan fingerprint density at radius 3 is 1.76 bits per heavy atom. The Morgan fingerprint density at radius 2 is 1.33 bits per heavy atom. The van der Waals surface area contributed by atoms with E-state index < -0.39 is 78.6 Å². The molecule has 0 radical (unpaired) electrons. The summed E-state index contributed by atoms with van der Waals surface area (Å²) in [4.78, 5) is 71.0. The van der Waals surface area contributed by atoms with Crippen LogP contribution < -0.4 is 21.7 Å². The van der Waals surface area contributed by atoms with Crippen molar-refractivity contribution >= 4 is 35.6 Å². The second-order valence-corrected chi connectivity index (χ2v) is 8.13. The van der Waals surface area contributed by atoms with Gasteiger partial charge in [-0.05, 0) is 18.3 Å². The van der Waals surface area contributed by atoms with E-state index in [2.05, 4.69) is 16.0 Å². The van der Waals surface area contributed by atoms with Gasteiger partial charge in [-0.2, -0.15) is 0 Å². The van der Waals surface area contributed by atoms with Gasteiger partial charge in [0.2, 0.25) is 17.7 Å². The van der Waals surface area contributed by atoms with E-state index in [4.69, 9.17) is 21.1 Å². The molecular formula is C20H34N4O9. The van der Waals surface area contributed by atoms with E-state index in [1.807, 2.05) is 0 Å². The first-order valence-electron chi connectivity index (χ1n) is 10.5. The fraction of sp³-hybridized carbons (Fsp3) is 0.700. The summed E-state index contributed by atoms with van der Waals surface area (Å²) in [6, 6.07) is -5.25. The predicted octanol–water partition coefficient (Wildman–Crippen LogP) is -1.11. The molecule has 0 rings (SSSR count). The molecule has 0 fully saturated rings. The molecule has 0 saturated heterocycles. The molecule has 0 spiro atoms. The van der Waals surface area contributed by atoms with Gasteiger partial charge >= 0.3 is 17.9 Å². The van der Waals surface area contributed by atoms with Crippen LogP contribution in [-0.2, 0) is 28.8 Å². The lowest BCUT2D eigenvalue weighted by molar-refractivity contribution is -0.147. The number of carboxylic acid groups (broad SMARTS) is 3. The van der Waals surface area contributed by atoms with Gasteiger partial charge in [0.1, 0.15) is 18.1 Å². The molecule has 8 N–H and O–H groups in total. The highest BCUT2D eigenvalue weighted by Gasteiger charge is 2.33. The van der Waals surface area contributed by atoms with Crippen molar-refractivity contribution < 1.29 is 44.1 Å². The molecule has 3 amide bonds. The molecule has 0 aromatic rings. The van der Waals surface area contributed by atoms with E-state index >= 15 is 0 Å². The smallest absolute Gasteiger partial charge is 0.326 e. The van der Waals surface area contributed by atoms with Crippen LogP contribution in [0.15, 0.2) is 0 Å². The molecule has 13 heteroatoms.